The van der Waals surface area contributed by atoms with Crippen LogP contribution in [0, 0.1) is 0 Å². The average molecular weight is 245 g/mol. The number of pyridine rings is 1. The molecule has 1 aromatic carbocycles. The summed E-state index contributed by atoms with van der Waals surface area (Å²) in [6, 6.07) is 10.9. The van der Waals surface area contributed by atoms with Gasteiger partial charge in [-0.3, -0.25) is 4.98 Å². The molecular formula is C14H15NO3. The summed E-state index contributed by atoms with van der Waals surface area (Å²) in [7, 11) is 1.59. The molecule has 4 heteroatoms. The van der Waals surface area contributed by atoms with E-state index in [-0.39, 0.29) is 6.61 Å². The Morgan fingerprint density at radius 1 is 1.22 bits per heavy atom. The van der Waals surface area contributed by atoms with E-state index < -0.39 is 6.10 Å². The van der Waals surface area contributed by atoms with E-state index in [2.05, 4.69) is 4.98 Å². The van der Waals surface area contributed by atoms with Gasteiger partial charge in [0.2, 0.25) is 0 Å². The maximum Gasteiger partial charge on any atom is 0.137 e. The van der Waals surface area contributed by atoms with E-state index in [1.54, 1.807) is 37.7 Å². The van der Waals surface area contributed by atoms with Gasteiger partial charge in [-0.1, -0.05) is 12.1 Å². The van der Waals surface area contributed by atoms with Crippen molar-refractivity contribution >= 4 is 0 Å². The Balaban J connectivity index is 1.97. The van der Waals surface area contributed by atoms with Crippen molar-refractivity contribution in [2.24, 2.45) is 0 Å². The zero-order valence-electron chi connectivity index (χ0n) is 10.1. The summed E-state index contributed by atoms with van der Waals surface area (Å²) in [5, 5.41) is 10.0. The summed E-state index contributed by atoms with van der Waals surface area (Å²) in [5.41, 5.74) is 0.762. The number of benzene rings is 1. The Labute approximate surface area is 106 Å². The Kier molecular flexibility index (Phi) is 4.15. The SMILES string of the molecule is COc1cccc(C(O)COc2cccnc2)c1. The largest absolute Gasteiger partial charge is 0.497 e. The van der Waals surface area contributed by atoms with Crippen LogP contribution in [0.4, 0.5) is 0 Å². The monoisotopic (exact) mass is 245 g/mol. The standard InChI is InChI=1S/C14H15NO3/c1-17-12-5-2-4-11(8-12)14(16)10-18-13-6-3-7-15-9-13/h2-9,14,16H,10H2,1H3. The molecule has 4 nitrogen and oxygen atoms in total. The topological polar surface area (TPSA) is 51.6 Å². The number of aliphatic hydroxyl groups excluding tert-OH is 1. The highest BCUT2D eigenvalue weighted by molar-refractivity contribution is 5.30. The molecule has 0 aliphatic rings. The lowest BCUT2D eigenvalue weighted by Crippen LogP contribution is -2.09. The molecule has 0 saturated heterocycles. The first-order valence-corrected chi connectivity index (χ1v) is 5.64. The van der Waals surface area contributed by atoms with E-state index in [0.29, 0.717) is 11.5 Å². The molecule has 0 bridgehead atoms. The number of hydrogen-bond donors (Lipinski definition) is 1. The van der Waals surface area contributed by atoms with Gasteiger partial charge in [0.05, 0.1) is 13.3 Å². The van der Waals surface area contributed by atoms with Crippen LogP contribution in [0.2, 0.25) is 0 Å². The third-order valence-electron chi connectivity index (χ3n) is 2.52. The van der Waals surface area contributed by atoms with Crippen molar-refractivity contribution in [3.05, 3.63) is 54.4 Å². The smallest absolute Gasteiger partial charge is 0.137 e. The van der Waals surface area contributed by atoms with Gasteiger partial charge in [0.25, 0.3) is 0 Å². The number of methoxy groups -OCH3 is 1. The van der Waals surface area contributed by atoms with Gasteiger partial charge in [-0.2, -0.15) is 0 Å². The maximum atomic E-state index is 10.0. The second kappa shape index (κ2) is 6.02. The molecule has 0 aliphatic heterocycles. The van der Waals surface area contributed by atoms with E-state index >= 15 is 0 Å². The summed E-state index contributed by atoms with van der Waals surface area (Å²) in [6.45, 7) is 0.179. The quantitative estimate of drug-likeness (QED) is 0.877. The molecule has 1 aromatic heterocycles. The summed E-state index contributed by atoms with van der Waals surface area (Å²) in [4.78, 5) is 3.94. The lowest BCUT2D eigenvalue weighted by Gasteiger charge is -2.13. The minimum atomic E-state index is -0.694. The second-order valence-electron chi connectivity index (χ2n) is 3.79. The molecule has 94 valence electrons. The van der Waals surface area contributed by atoms with Crippen LogP contribution in [0.3, 0.4) is 0 Å². The zero-order chi connectivity index (χ0) is 12.8. The number of aromatic nitrogens is 1. The number of rotatable bonds is 5. The Bertz CT molecular complexity index is 487. The van der Waals surface area contributed by atoms with Crippen molar-refractivity contribution in [3.8, 4) is 11.5 Å². The van der Waals surface area contributed by atoms with Gasteiger partial charge in [0.15, 0.2) is 0 Å². The van der Waals surface area contributed by atoms with Gasteiger partial charge in [-0.05, 0) is 29.8 Å². The molecular weight excluding hydrogens is 230 g/mol. The first-order valence-electron chi connectivity index (χ1n) is 5.64. The maximum absolute atomic E-state index is 10.0. The first kappa shape index (κ1) is 12.4. The fourth-order valence-corrected chi connectivity index (χ4v) is 1.55. The number of hydrogen-bond acceptors (Lipinski definition) is 4. The van der Waals surface area contributed by atoms with E-state index in [9.17, 15) is 5.11 Å². The second-order valence-corrected chi connectivity index (χ2v) is 3.79. The molecule has 0 spiro atoms. The Morgan fingerprint density at radius 2 is 2.06 bits per heavy atom. The normalized spacial score (nSPS) is 11.9. The molecule has 1 unspecified atom stereocenters. The molecule has 0 saturated carbocycles. The summed E-state index contributed by atoms with van der Waals surface area (Å²) >= 11 is 0. The molecule has 1 atom stereocenters. The molecule has 2 rings (SSSR count). The Hall–Kier alpha value is -2.07. The van der Waals surface area contributed by atoms with E-state index in [1.807, 2.05) is 18.2 Å². The highest BCUT2D eigenvalue weighted by Crippen LogP contribution is 2.20. The predicted octanol–water partition coefficient (Wildman–Crippen LogP) is 2.20. The van der Waals surface area contributed by atoms with E-state index in [0.717, 1.165) is 5.56 Å². The van der Waals surface area contributed by atoms with Gasteiger partial charge in [0.1, 0.15) is 24.2 Å². The van der Waals surface area contributed by atoms with Crippen LogP contribution in [0.5, 0.6) is 11.5 Å². The Morgan fingerprint density at radius 3 is 2.78 bits per heavy atom. The third kappa shape index (κ3) is 3.21. The lowest BCUT2D eigenvalue weighted by atomic mass is 10.1. The van der Waals surface area contributed by atoms with Crippen LogP contribution in [-0.2, 0) is 0 Å². The van der Waals surface area contributed by atoms with Crippen molar-refractivity contribution in [1.29, 1.82) is 0 Å². The van der Waals surface area contributed by atoms with E-state index in [1.165, 1.54) is 0 Å². The fraction of sp³-hybridized carbons (Fsp3) is 0.214. The molecule has 18 heavy (non-hydrogen) atoms. The molecule has 0 fully saturated rings. The highest BCUT2D eigenvalue weighted by atomic mass is 16.5. The molecule has 1 N–H and O–H groups in total. The molecule has 0 radical (unpaired) electrons. The van der Waals surface area contributed by atoms with Crippen molar-refractivity contribution in [2.45, 2.75) is 6.10 Å². The van der Waals surface area contributed by atoms with Gasteiger partial charge in [-0.15, -0.1) is 0 Å². The predicted molar refractivity (Wildman–Crippen MR) is 67.7 cm³/mol. The van der Waals surface area contributed by atoms with Gasteiger partial charge >= 0.3 is 0 Å². The van der Waals surface area contributed by atoms with Gasteiger partial charge < -0.3 is 14.6 Å². The molecule has 1 heterocycles. The minimum Gasteiger partial charge on any atom is -0.497 e. The highest BCUT2D eigenvalue weighted by Gasteiger charge is 2.09. The van der Waals surface area contributed by atoms with Crippen molar-refractivity contribution in [1.82, 2.24) is 4.98 Å². The van der Waals surface area contributed by atoms with Crippen LogP contribution in [0.25, 0.3) is 0 Å². The van der Waals surface area contributed by atoms with Crippen LogP contribution in [0.15, 0.2) is 48.8 Å². The van der Waals surface area contributed by atoms with Crippen molar-refractivity contribution in [2.75, 3.05) is 13.7 Å². The van der Waals surface area contributed by atoms with Crippen LogP contribution in [-0.4, -0.2) is 23.8 Å². The van der Waals surface area contributed by atoms with E-state index in [4.69, 9.17) is 9.47 Å². The molecule has 0 aliphatic carbocycles. The fourth-order valence-electron chi connectivity index (χ4n) is 1.55. The lowest BCUT2D eigenvalue weighted by molar-refractivity contribution is 0.108. The average Bonchev–Trinajstić information content (AvgIpc) is 2.46. The first-order chi connectivity index (χ1) is 8.79. The summed E-state index contributed by atoms with van der Waals surface area (Å²) in [5.74, 6) is 1.35. The number of aliphatic hydroxyl groups is 1. The van der Waals surface area contributed by atoms with Crippen LogP contribution in [0.1, 0.15) is 11.7 Å². The van der Waals surface area contributed by atoms with Gasteiger partial charge in [-0.25, -0.2) is 0 Å². The van der Waals surface area contributed by atoms with Crippen molar-refractivity contribution < 1.29 is 14.6 Å². The minimum absolute atomic E-state index is 0.179. The molecule has 0 amide bonds. The molecule has 2 aromatic rings. The van der Waals surface area contributed by atoms with Crippen molar-refractivity contribution in [3.63, 3.8) is 0 Å². The summed E-state index contributed by atoms with van der Waals surface area (Å²) in [6.07, 6.45) is 2.59. The number of nitrogens with zero attached hydrogens (tertiary/aromatic N) is 1. The zero-order valence-corrected chi connectivity index (χ0v) is 10.1. The van der Waals surface area contributed by atoms with Crippen LogP contribution >= 0.6 is 0 Å². The third-order valence-corrected chi connectivity index (χ3v) is 2.52. The summed E-state index contributed by atoms with van der Waals surface area (Å²) < 4.78 is 10.5. The number of ether oxygens (including phenoxy) is 2. The van der Waals surface area contributed by atoms with Gasteiger partial charge in [0, 0.05) is 6.20 Å². The van der Waals surface area contributed by atoms with Crippen LogP contribution < -0.4 is 9.47 Å².